The lowest BCUT2D eigenvalue weighted by atomic mass is 10.0. The minimum Gasteiger partial charge on any atom is -0.456 e. The zero-order valence-corrected chi connectivity index (χ0v) is 14.5. The third kappa shape index (κ3) is 4.78. The SMILES string of the molecule is CC(=O)OCC(=O)Nc1n[nH]c2cc(-c3cccc(OC(F)(F)F)c3)ccc12. The summed E-state index contributed by atoms with van der Waals surface area (Å²) in [6.45, 7) is 0.751. The van der Waals surface area contributed by atoms with Crippen LogP contribution in [0, 0.1) is 0 Å². The van der Waals surface area contributed by atoms with E-state index in [0.29, 0.717) is 22.0 Å². The first-order valence-corrected chi connectivity index (χ1v) is 7.99. The van der Waals surface area contributed by atoms with Gasteiger partial charge in [0.1, 0.15) is 5.75 Å². The van der Waals surface area contributed by atoms with Crippen LogP contribution in [0.3, 0.4) is 0 Å². The van der Waals surface area contributed by atoms with Crippen LogP contribution in [-0.4, -0.2) is 35.0 Å². The highest BCUT2D eigenvalue weighted by atomic mass is 19.4. The van der Waals surface area contributed by atoms with Crippen LogP contribution >= 0.6 is 0 Å². The molecule has 0 saturated heterocycles. The summed E-state index contributed by atoms with van der Waals surface area (Å²) in [5, 5.41) is 9.83. The number of carbonyl (C=O) groups excluding carboxylic acids is 2. The Labute approximate surface area is 156 Å². The number of nitrogens with one attached hydrogen (secondary N) is 2. The van der Waals surface area contributed by atoms with Crippen molar-refractivity contribution in [1.82, 2.24) is 10.2 Å². The highest BCUT2D eigenvalue weighted by Crippen LogP contribution is 2.30. The number of carbonyl (C=O) groups is 2. The van der Waals surface area contributed by atoms with E-state index in [0.717, 1.165) is 0 Å². The molecular formula is C18H14F3N3O4. The molecule has 0 radical (unpaired) electrons. The topological polar surface area (TPSA) is 93.3 Å². The molecule has 0 aliphatic carbocycles. The standard InChI is InChI=1S/C18H14F3N3O4/c1-10(25)27-9-16(26)22-17-14-6-5-12(8-15(14)23-24-17)11-3-2-4-13(7-11)28-18(19,20)21/h2-8H,9H2,1H3,(H2,22,23,24,26). The number of hydrogen-bond acceptors (Lipinski definition) is 5. The van der Waals surface area contributed by atoms with Crippen LogP contribution in [0.4, 0.5) is 19.0 Å². The molecule has 7 nitrogen and oxygen atoms in total. The number of benzene rings is 2. The van der Waals surface area contributed by atoms with Gasteiger partial charge in [-0.3, -0.25) is 14.7 Å². The number of H-pyrrole nitrogens is 1. The van der Waals surface area contributed by atoms with Gasteiger partial charge in [0.15, 0.2) is 12.4 Å². The van der Waals surface area contributed by atoms with E-state index < -0.39 is 24.8 Å². The van der Waals surface area contributed by atoms with Gasteiger partial charge in [-0.15, -0.1) is 13.2 Å². The van der Waals surface area contributed by atoms with Gasteiger partial charge in [0, 0.05) is 12.3 Å². The Bertz CT molecular complexity index is 1030. The number of aromatic nitrogens is 2. The Morgan fingerprint density at radius 1 is 1.14 bits per heavy atom. The Morgan fingerprint density at radius 3 is 2.61 bits per heavy atom. The third-order valence-corrected chi connectivity index (χ3v) is 3.63. The van der Waals surface area contributed by atoms with E-state index >= 15 is 0 Å². The zero-order valence-electron chi connectivity index (χ0n) is 14.5. The zero-order chi connectivity index (χ0) is 20.3. The van der Waals surface area contributed by atoms with Gasteiger partial charge in [-0.2, -0.15) is 5.10 Å². The molecule has 146 valence electrons. The smallest absolute Gasteiger partial charge is 0.456 e. The van der Waals surface area contributed by atoms with E-state index in [1.165, 1.54) is 25.1 Å². The largest absolute Gasteiger partial charge is 0.573 e. The second-order valence-corrected chi connectivity index (χ2v) is 5.74. The summed E-state index contributed by atoms with van der Waals surface area (Å²) in [6.07, 6.45) is -4.77. The minimum absolute atomic E-state index is 0.243. The van der Waals surface area contributed by atoms with Crippen molar-refractivity contribution in [2.75, 3.05) is 11.9 Å². The Morgan fingerprint density at radius 2 is 1.89 bits per heavy atom. The number of hydrogen-bond donors (Lipinski definition) is 2. The summed E-state index contributed by atoms with van der Waals surface area (Å²) in [5.41, 5.74) is 1.70. The van der Waals surface area contributed by atoms with Gasteiger partial charge in [0.2, 0.25) is 0 Å². The fourth-order valence-electron chi connectivity index (χ4n) is 2.50. The minimum atomic E-state index is -4.77. The van der Waals surface area contributed by atoms with Gasteiger partial charge in [-0.1, -0.05) is 18.2 Å². The predicted molar refractivity (Wildman–Crippen MR) is 93.5 cm³/mol. The van der Waals surface area contributed by atoms with Gasteiger partial charge in [-0.25, -0.2) is 0 Å². The number of aromatic amines is 1. The van der Waals surface area contributed by atoms with E-state index in [4.69, 9.17) is 0 Å². The molecule has 0 aliphatic rings. The summed E-state index contributed by atoms with van der Waals surface area (Å²) in [6, 6.07) is 10.6. The fourth-order valence-corrected chi connectivity index (χ4v) is 2.50. The van der Waals surface area contributed by atoms with Crippen molar-refractivity contribution in [3.63, 3.8) is 0 Å². The highest BCUT2D eigenvalue weighted by Gasteiger charge is 2.31. The van der Waals surface area contributed by atoms with Crippen LogP contribution < -0.4 is 10.1 Å². The van der Waals surface area contributed by atoms with Crippen molar-refractivity contribution < 1.29 is 32.2 Å². The van der Waals surface area contributed by atoms with E-state index in [1.807, 2.05) is 0 Å². The fraction of sp³-hybridized carbons (Fsp3) is 0.167. The number of esters is 1. The van der Waals surface area contributed by atoms with Gasteiger partial charge >= 0.3 is 12.3 Å². The van der Waals surface area contributed by atoms with Gasteiger partial charge in [-0.05, 0) is 35.4 Å². The van der Waals surface area contributed by atoms with Gasteiger partial charge in [0.05, 0.1) is 5.52 Å². The third-order valence-electron chi connectivity index (χ3n) is 3.63. The van der Waals surface area contributed by atoms with Crippen molar-refractivity contribution >= 4 is 28.6 Å². The summed E-state index contributed by atoms with van der Waals surface area (Å²) in [5.74, 6) is -1.21. The Kier molecular flexibility index (Phi) is 5.21. The average molecular weight is 393 g/mol. The van der Waals surface area contributed by atoms with Crippen LogP contribution in [-0.2, 0) is 14.3 Å². The van der Waals surface area contributed by atoms with Crippen molar-refractivity contribution in [2.24, 2.45) is 0 Å². The van der Waals surface area contributed by atoms with Crippen LogP contribution in [0.15, 0.2) is 42.5 Å². The van der Waals surface area contributed by atoms with Gasteiger partial charge < -0.3 is 14.8 Å². The predicted octanol–water partition coefficient (Wildman–Crippen LogP) is 3.63. The van der Waals surface area contributed by atoms with Crippen LogP contribution in [0.5, 0.6) is 5.75 Å². The summed E-state index contributed by atoms with van der Waals surface area (Å²) < 4.78 is 45.7. The number of amides is 1. The molecule has 0 unspecified atom stereocenters. The van der Waals surface area contributed by atoms with Crippen molar-refractivity contribution in [3.8, 4) is 16.9 Å². The monoisotopic (exact) mass is 393 g/mol. The second-order valence-electron chi connectivity index (χ2n) is 5.74. The first-order valence-electron chi connectivity index (χ1n) is 7.99. The van der Waals surface area contributed by atoms with Crippen LogP contribution in [0.1, 0.15) is 6.92 Å². The number of alkyl halides is 3. The molecule has 0 fully saturated rings. The van der Waals surface area contributed by atoms with E-state index in [-0.39, 0.29) is 11.6 Å². The number of anilines is 1. The van der Waals surface area contributed by atoms with E-state index in [9.17, 15) is 22.8 Å². The number of fused-ring (bicyclic) bond motifs is 1. The lowest BCUT2D eigenvalue weighted by molar-refractivity contribution is -0.274. The lowest BCUT2D eigenvalue weighted by Crippen LogP contribution is -2.20. The quantitative estimate of drug-likeness (QED) is 0.646. The number of rotatable bonds is 5. The first kappa shape index (κ1) is 19.2. The molecule has 1 amide bonds. The molecule has 28 heavy (non-hydrogen) atoms. The molecule has 2 N–H and O–H groups in total. The molecule has 0 bridgehead atoms. The maximum Gasteiger partial charge on any atom is 0.573 e. The van der Waals surface area contributed by atoms with Crippen molar-refractivity contribution in [3.05, 3.63) is 42.5 Å². The molecule has 3 rings (SSSR count). The molecule has 0 spiro atoms. The maximum atomic E-state index is 12.4. The molecule has 3 aromatic rings. The maximum absolute atomic E-state index is 12.4. The summed E-state index contributed by atoms with van der Waals surface area (Å²) in [7, 11) is 0. The van der Waals surface area contributed by atoms with Gasteiger partial charge in [0.25, 0.3) is 5.91 Å². The second kappa shape index (κ2) is 7.59. The number of halogens is 3. The Hall–Kier alpha value is -3.56. The van der Waals surface area contributed by atoms with Crippen LogP contribution in [0.25, 0.3) is 22.0 Å². The molecular weight excluding hydrogens is 379 g/mol. The highest BCUT2D eigenvalue weighted by molar-refractivity contribution is 6.01. The summed E-state index contributed by atoms with van der Waals surface area (Å²) in [4.78, 5) is 22.5. The lowest BCUT2D eigenvalue weighted by Gasteiger charge is -2.10. The van der Waals surface area contributed by atoms with Crippen molar-refractivity contribution in [1.29, 1.82) is 0 Å². The molecule has 10 heteroatoms. The van der Waals surface area contributed by atoms with E-state index in [1.54, 1.807) is 24.3 Å². The molecule has 0 atom stereocenters. The molecule has 0 saturated carbocycles. The molecule has 2 aromatic carbocycles. The van der Waals surface area contributed by atoms with Crippen LogP contribution in [0.2, 0.25) is 0 Å². The average Bonchev–Trinajstić information content (AvgIpc) is 3.01. The number of ether oxygens (including phenoxy) is 2. The first-order chi connectivity index (χ1) is 13.2. The normalized spacial score (nSPS) is 11.3. The molecule has 1 aromatic heterocycles. The molecule has 1 heterocycles. The Balaban J connectivity index is 1.81. The van der Waals surface area contributed by atoms with Crippen molar-refractivity contribution in [2.45, 2.75) is 13.3 Å². The number of nitrogens with zero attached hydrogens (tertiary/aromatic N) is 1. The summed E-state index contributed by atoms with van der Waals surface area (Å²) >= 11 is 0. The molecule has 0 aliphatic heterocycles. The van der Waals surface area contributed by atoms with E-state index in [2.05, 4.69) is 25.0 Å².